The van der Waals surface area contributed by atoms with Crippen LogP contribution in [-0.4, -0.2) is 35.0 Å². The molecule has 5 nitrogen and oxygen atoms in total. The number of hydrogen-bond donors (Lipinski definition) is 2. The van der Waals surface area contributed by atoms with Crippen LogP contribution in [0.15, 0.2) is 30.3 Å². The van der Waals surface area contributed by atoms with Crippen LogP contribution in [0.5, 0.6) is 0 Å². The second kappa shape index (κ2) is 5.56. The molecule has 1 saturated heterocycles. The molecule has 0 spiro atoms. The van der Waals surface area contributed by atoms with Gasteiger partial charge in [-0.05, 0) is 30.2 Å². The van der Waals surface area contributed by atoms with Gasteiger partial charge >= 0.3 is 5.97 Å². The summed E-state index contributed by atoms with van der Waals surface area (Å²) in [5.74, 6) is -1.42. The van der Waals surface area contributed by atoms with E-state index in [1.165, 1.54) is 6.08 Å². The van der Waals surface area contributed by atoms with E-state index in [2.05, 4.69) is 0 Å². The minimum absolute atomic E-state index is 0.152. The van der Waals surface area contributed by atoms with Crippen LogP contribution in [0, 0.1) is 5.92 Å². The van der Waals surface area contributed by atoms with Crippen LogP contribution in [-0.2, 0) is 9.59 Å². The lowest BCUT2D eigenvalue weighted by molar-refractivity contribution is -0.141. The Morgan fingerprint density at radius 1 is 1.32 bits per heavy atom. The first-order chi connectivity index (χ1) is 9.06. The molecule has 1 amide bonds. The summed E-state index contributed by atoms with van der Waals surface area (Å²) in [6, 6.07) is 7.17. The summed E-state index contributed by atoms with van der Waals surface area (Å²) >= 11 is 0. The second-order valence-corrected chi connectivity index (χ2v) is 4.61. The molecule has 100 valence electrons. The van der Waals surface area contributed by atoms with Crippen LogP contribution in [0.25, 0.3) is 6.08 Å². The first-order valence-corrected chi connectivity index (χ1v) is 6.11. The number of rotatable bonds is 3. The predicted molar refractivity (Wildman–Crippen MR) is 72.2 cm³/mol. The number of benzene rings is 1. The molecule has 1 fully saturated rings. The molecule has 0 aliphatic carbocycles. The quantitative estimate of drug-likeness (QED) is 0.632. The number of nitrogen functional groups attached to an aromatic ring is 1. The summed E-state index contributed by atoms with van der Waals surface area (Å²) in [5, 5.41) is 8.88. The molecule has 0 saturated carbocycles. The van der Waals surface area contributed by atoms with E-state index in [0.29, 0.717) is 25.2 Å². The first-order valence-electron chi connectivity index (χ1n) is 6.11. The lowest BCUT2D eigenvalue weighted by Crippen LogP contribution is -2.28. The summed E-state index contributed by atoms with van der Waals surface area (Å²) in [4.78, 5) is 24.3. The zero-order chi connectivity index (χ0) is 13.8. The number of carboxylic acids is 1. The minimum Gasteiger partial charge on any atom is -0.481 e. The van der Waals surface area contributed by atoms with E-state index in [1.807, 2.05) is 12.1 Å². The monoisotopic (exact) mass is 260 g/mol. The molecule has 1 unspecified atom stereocenters. The maximum atomic E-state index is 11.9. The Morgan fingerprint density at radius 2 is 2.00 bits per heavy atom. The van der Waals surface area contributed by atoms with Gasteiger partial charge in [0.15, 0.2) is 0 Å². The highest BCUT2D eigenvalue weighted by Crippen LogP contribution is 2.17. The molecule has 2 rings (SSSR count). The van der Waals surface area contributed by atoms with Crippen molar-refractivity contribution in [1.82, 2.24) is 4.90 Å². The van der Waals surface area contributed by atoms with Gasteiger partial charge in [-0.2, -0.15) is 0 Å². The van der Waals surface area contributed by atoms with Crippen molar-refractivity contribution in [2.24, 2.45) is 5.92 Å². The Balaban J connectivity index is 1.94. The van der Waals surface area contributed by atoms with Crippen molar-refractivity contribution in [3.63, 3.8) is 0 Å². The minimum atomic E-state index is -0.835. The molecule has 1 aromatic carbocycles. The Hall–Kier alpha value is -2.30. The van der Waals surface area contributed by atoms with Crippen molar-refractivity contribution in [1.29, 1.82) is 0 Å². The van der Waals surface area contributed by atoms with E-state index < -0.39 is 11.9 Å². The number of amides is 1. The fourth-order valence-electron chi connectivity index (χ4n) is 2.04. The molecule has 1 aromatic rings. The molecule has 1 atom stereocenters. The lowest BCUT2D eigenvalue weighted by atomic mass is 10.1. The van der Waals surface area contributed by atoms with Gasteiger partial charge in [0.1, 0.15) is 0 Å². The van der Waals surface area contributed by atoms with Crippen molar-refractivity contribution in [2.75, 3.05) is 18.8 Å². The number of nitrogens with two attached hydrogens (primary N) is 1. The highest BCUT2D eigenvalue weighted by atomic mass is 16.4. The number of likely N-dealkylation sites (tertiary alicyclic amines) is 1. The molecular weight excluding hydrogens is 244 g/mol. The van der Waals surface area contributed by atoms with Crippen LogP contribution < -0.4 is 5.73 Å². The van der Waals surface area contributed by atoms with Gasteiger partial charge in [-0.3, -0.25) is 9.59 Å². The summed E-state index contributed by atoms with van der Waals surface area (Å²) in [6.07, 6.45) is 3.70. The molecule has 0 bridgehead atoms. The van der Waals surface area contributed by atoms with Crippen molar-refractivity contribution in [3.05, 3.63) is 35.9 Å². The average molecular weight is 260 g/mol. The smallest absolute Gasteiger partial charge is 0.308 e. The van der Waals surface area contributed by atoms with Crippen LogP contribution in [0.2, 0.25) is 0 Å². The number of carbonyl (C=O) groups is 2. The van der Waals surface area contributed by atoms with E-state index in [1.54, 1.807) is 23.1 Å². The zero-order valence-corrected chi connectivity index (χ0v) is 10.5. The van der Waals surface area contributed by atoms with E-state index in [-0.39, 0.29) is 5.91 Å². The standard InChI is InChI=1S/C14H16N2O3/c15-12-4-1-10(2-5-12)3-6-13(17)16-8-7-11(9-16)14(18)19/h1-6,11H,7-9,15H2,(H,18,19)/b6-3+. The second-order valence-electron chi connectivity index (χ2n) is 4.61. The molecule has 1 aliphatic rings. The van der Waals surface area contributed by atoms with Gasteiger partial charge in [-0.1, -0.05) is 12.1 Å². The van der Waals surface area contributed by atoms with Crippen LogP contribution >= 0.6 is 0 Å². The molecule has 0 aromatic heterocycles. The molecule has 1 aliphatic heterocycles. The maximum absolute atomic E-state index is 11.9. The highest BCUT2D eigenvalue weighted by Gasteiger charge is 2.29. The van der Waals surface area contributed by atoms with Crippen LogP contribution in [0.4, 0.5) is 5.69 Å². The summed E-state index contributed by atoms with van der Waals surface area (Å²) in [6.45, 7) is 0.794. The average Bonchev–Trinajstić information content (AvgIpc) is 2.87. The largest absolute Gasteiger partial charge is 0.481 e. The fourth-order valence-corrected chi connectivity index (χ4v) is 2.04. The predicted octanol–water partition coefficient (Wildman–Crippen LogP) is 1.22. The first kappa shape index (κ1) is 13.1. The fraction of sp³-hybridized carbons (Fsp3) is 0.286. The SMILES string of the molecule is Nc1ccc(/C=C/C(=O)N2CCC(C(=O)O)C2)cc1. The molecule has 1 heterocycles. The molecule has 5 heteroatoms. The Bertz CT molecular complexity index is 508. The Morgan fingerprint density at radius 3 is 2.58 bits per heavy atom. The third-order valence-corrected chi connectivity index (χ3v) is 3.20. The third kappa shape index (κ3) is 3.34. The highest BCUT2D eigenvalue weighted by molar-refractivity contribution is 5.92. The number of carboxylic acid groups (broad SMARTS) is 1. The number of aliphatic carboxylic acids is 1. The molecular formula is C14H16N2O3. The molecule has 3 N–H and O–H groups in total. The normalized spacial score (nSPS) is 18.9. The van der Waals surface area contributed by atoms with E-state index in [4.69, 9.17) is 10.8 Å². The van der Waals surface area contributed by atoms with Gasteiger partial charge in [0.25, 0.3) is 0 Å². The van der Waals surface area contributed by atoms with Crippen molar-refractivity contribution in [3.8, 4) is 0 Å². The van der Waals surface area contributed by atoms with Gasteiger partial charge < -0.3 is 15.7 Å². The molecule has 0 radical (unpaired) electrons. The van der Waals surface area contributed by atoms with E-state index in [9.17, 15) is 9.59 Å². The van der Waals surface area contributed by atoms with Gasteiger partial charge in [0.2, 0.25) is 5.91 Å². The number of hydrogen-bond acceptors (Lipinski definition) is 3. The van der Waals surface area contributed by atoms with Crippen LogP contribution in [0.1, 0.15) is 12.0 Å². The number of carbonyl (C=O) groups excluding carboxylic acids is 1. The van der Waals surface area contributed by atoms with Crippen LogP contribution in [0.3, 0.4) is 0 Å². The summed E-state index contributed by atoms with van der Waals surface area (Å²) in [5.41, 5.74) is 7.13. The van der Waals surface area contributed by atoms with Crippen molar-refractivity contribution < 1.29 is 14.7 Å². The number of anilines is 1. The maximum Gasteiger partial charge on any atom is 0.308 e. The van der Waals surface area contributed by atoms with Gasteiger partial charge in [-0.25, -0.2) is 0 Å². The van der Waals surface area contributed by atoms with E-state index >= 15 is 0 Å². The van der Waals surface area contributed by atoms with Gasteiger partial charge in [-0.15, -0.1) is 0 Å². The van der Waals surface area contributed by atoms with E-state index in [0.717, 1.165) is 5.56 Å². The topological polar surface area (TPSA) is 83.6 Å². The Kier molecular flexibility index (Phi) is 3.85. The molecule has 19 heavy (non-hydrogen) atoms. The summed E-state index contributed by atoms with van der Waals surface area (Å²) < 4.78 is 0. The third-order valence-electron chi connectivity index (χ3n) is 3.20. The lowest BCUT2D eigenvalue weighted by Gasteiger charge is -2.12. The summed E-state index contributed by atoms with van der Waals surface area (Å²) in [7, 11) is 0. The van der Waals surface area contributed by atoms with Crippen molar-refractivity contribution in [2.45, 2.75) is 6.42 Å². The van der Waals surface area contributed by atoms with Gasteiger partial charge in [0.05, 0.1) is 5.92 Å². The van der Waals surface area contributed by atoms with Gasteiger partial charge in [0, 0.05) is 24.9 Å². The zero-order valence-electron chi connectivity index (χ0n) is 10.5. The number of nitrogens with zero attached hydrogens (tertiary/aromatic N) is 1. The van der Waals surface area contributed by atoms with Crippen molar-refractivity contribution >= 4 is 23.6 Å². The Labute approximate surface area is 111 Å².